The number of carbonyl (C=O) groups is 1. The summed E-state index contributed by atoms with van der Waals surface area (Å²) >= 11 is 0. The first-order valence-corrected chi connectivity index (χ1v) is 7.43. The normalized spacial score (nSPS) is 11.2. The lowest BCUT2D eigenvalue weighted by molar-refractivity contribution is 0.0697. The van der Waals surface area contributed by atoms with Crippen LogP contribution in [0.25, 0.3) is 0 Å². The molecule has 0 saturated heterocycles. The summed E-state index contributed by atoms with van der Waals surface area (Å²) in [5.74, 6) is -0.408. The fraction of sp³-hybridized carbons (Fsp3) is 0.417. The minimum atomic E-state index is -3.04. The van der Waals surface area contributed by atoms with E-state index >= 15 is 0 Å². The monoisotopic (exact) mass is 272 g/mol. The van der Waals surface area contributed by atoms with E-state index in [4.69, 9.17) is 9.84 Å². The molecule has 0 amide bonds. The van der Waals surface area contributed by atoms with Gasteiger partial charge in [-0.05, 0) is 30.7 Å². The van der Waals surface area contributed by atoms with Crippen LogP contribution >= 0.6 is 0 Å². The molecule has 100 valence electrons. The number of ether oxygens (including phenoxy) is 1. The van der Waals surface area contributed by atoms with E-state index in [1.54, 1.807) is 0 Å². The molecule has 1 N–H and O–H groups in total. The van der Waals surface area contributed by atoms with E-state index in [-0.39, 0.29) is 23.7 Å². The van der Waals surface area contributed by atoms with Crippen molar-refractivity contribution in [2.24, 2.45) is 0 Å². The number of benzene rings is 1. The van der Waals surface area contributed by atoms with Gasteiger partial charge in [-0.15, -0.1) is 0 Å². The standard InChI is InChI=1S/C12H16O5S/c1-2-8-18(15,16)9-7-17-11-5-3-10(4-6-11)12(13)14/h3-6H,2,7-9H2,1H3,(H,13,14). The highest BCUT2D eigenvalue weighted by atomic mass is 32.2. The van der Waals surface area contributed by atoms with Gasteiger partial charge in [0.2, 0.25) is 0 Å². The van der Waals surface area contributed by atoms with Crippen molar-refractivity contribution in [2.45, 2.75) is 13.3 Å². The number of rotatable bonds is 7. The van der Waals surface area contributed by atoms with Gasteiger partial charge in [-0.2, -0.15) is 0 Å². The van der Waals surface area contributed by atoms with Crippen molar-refractivity contribution in [2.75, 3.05) is 18.1 Å². The summed E-state index contributed by atoms with van der Waals surface area (Å²) in [5.41, 5.74) is 0.168. The Morgan fingerprint density at radius 1 is 1.22 bits per heavy atom. The van der Waals surface area contributed by atoms with E-state index in [9.17, 15) is 13.2 Å². The molecule has 5 nitrogen and oxygen atoms in total. The molecule has 1 aromatic rings. The average Bonchev–Trinajstić information content (AvgIpc) is 2.29. The minimum absolute atomic E-state index is 0.0263. The first kappa shape index (κ1) is 14.5. The van der Waals surface area contributed by atoms with Gasteiger partial charge in [-0.25, -0.2) is 13.2 Å². The van der Waals surface area contributed by atoms with E-state index in [0.717, 1.165) is 0 Å². The fourth-order valence-corrected chi connectivity index (χ4v) is 2.56. The van der Waals surface area contributed by atoms with Crippen molar-refractivity contribution >= 4 is 15.8 Å². The summed E-state index contributed by atoms with van der Waals surface area (Å²) in [5, 5.41) is 8.70. The molecule has 0 aliphatic carbocycles. The van der Waals surface area contributed by atoms with Crippen LogP contribution in [0.1, 0.15) is 23.7 Å². The number of aromatic carboxylic acids is 1. The van der Waals surface area contributed by atoms with Gasteiger partial charge in [-0.3, -0.25) is 0 Å². The average molecular weight is 272 g/mol. The maximum Gasteiger partial charge on any atom is 0.335 e. The van der Waals surface area contributed by atoms with Crippen molar-refractivity contribution in [3.8, 4) is 5.75 Å². The van der Waals surface area contributed by atoms with Crippen LogP contribution in [0, 0.1) is 0 Å². The summed E-state index contributed by atoms with van der Waals surface area (Å²) in [4.78, 5) is 10.6. The summed E-state index contributed by atoms with van der Waals surface area (Å²) in [6, 6.07) is 5.85. The summed E-state index contributed by atoms with van der Waals surface area (Å²) in [6.07, 6.45) is 0.593. The van der Waals surface area contributed by atoms with Gasteiger partial charge in [-0.1, -0.05) is 6.92 Å². The molecule has 0 unspecified atom stereocenters. The van der Waals surface area contributed by atoms with Crippen LogP contribution in [-0.2, 0) is 9.84 Å². The Balaban J connectivity index is 2.47. The molecular weight excluding hydrogens is 256 g/mol. The zero-order valence-corrected chi connectivity index (χ0v) is 10.9. The van der Waals surface area contributed by atoms with Gasteiger partial charge in [0.1, 0.15) is 12.4 Å². The van der Waals surface area contributed by atoms with Gasteiger partial charge in [0.05, 0.1) is 17.1 Å². The van der Waals surface area contributed by atoms with E-state index < -0.39 is 15.8 Å². The molecule has 0 aliphatic heterocycles. The van der Waals surface area contributed by atoms with Gasteiger partial charge in [0, 0.05) is 0 Å². The number of hydrogen-bond donors (Lipinski definition) is 1. The first-order chi connectivity index (χ1) is 8.44. The number of carboxylic acid groups (broad SMARTS) is 1. The Morgan fingerprint density at radius 3 is 2.33 bits per heavy atom. The third-order valence-corrected chi connectivity index (χ3v) is 4.10. The number of sulfone groups is 1. The van der Waals surface area contributed by atoms with Crippen LogP contribution in [0.15, 0.2) is 24.3 Å². The smallest absolute Gasteiger partial charge is 0.335 e. The minimum Gasteiger partial charge on any atom is -0.493 e. The number of hydrogen-bond acceptors (Lipinski definition) is 4. The summed E-state index contributed by atoms with van der Waals surface area (Å²) < 4.78 is 28.1. The molecule has 0 aromatic heterocycles. The molecular formula is C12H16O5S. The molecule has 0 fully saturated rings. The van der Waals surface area contributed by atoms with Gasteiger partial charge in [0.25, 0.3) is 0 Å². The molecule has 0 radical (unpaired) electrons. The lowest BCUT2D eigenvalue weighted by Gasteiger charge is -2.06. The van der Waals surface area contributed by atoms with Crippen LogP contribution < -0.4 is 4.74 Å². The molecule has 0 spiro atoms. The maximum absolute atomic E-state index is 11.4. The van der Waals surface area contributed by atoms with E-state index in [1.165, 1.54) is 24.3 Å². The molecule has 1 aromatic carbocycles. The molecule has 18 heavy (non-hydrogen) atoms. The van der Waals surface area contributed by atoms with Crippen molar-refractivity contribution in [1.82, 2.24) is 0 Å². The Bertz CT molecular complexity index is 490. The SMILES string of the molecule is CCCS(=O)(=O)CCOc1ccc(C(=O)O)cc1. The molecule has 6 heteroatoms. The van der Waals surface area contributed by atoms with Crippen molar-refractivity contribution in [1.29, 1.82) is 0 Å². The zero-order valence-electron chi connectivity index (χ0n) is 10.1. The predicted molar refractivity (Wildman–Crippen MR) is 67.8 cm³/mol. The second-order valence-electron chi connectivity index (χ2n) is 3.83. The highest BCUT2D eigenvalue weighted by Crippen LogP contribution is 2.12. The molecule has 1 rings (SSSR count). The first-order valence-electron chi connectivity index (χ1n) is 5.61. The van der Waals surface area contributed by atoms with E-state index in [2.05, 4.69) is 0 Å². The highest BCUT2D eigenvalue weighted by molar-refractivity contribution is 7.91. The lowest BCUT2D eigenvalue weighted by atomic mass is 10.2. The summed E-state index contributed by atoms with van der Waals surface area (Å²) in [6.45, 7) is 1.89. The lowest BCUT2D eigenvalue weighted by Crippen LogP contribution is -2.16. The topological polar surface area (TPSA) is 80.7 Å². The van der Waals surface area contributed by atoms with Crippen molar-refractivity contribution < 1.29 is 23.1 Å². The van der Waals surface area contributed by atoms with Crippen molar-refractivity contribution in [3.05, 3.63) is 29.8 Å². The van der Waals surface area contributed by atoms with Crippen LogP contribution in [0.2, 0.25) is 0 Å². The predicted octanol–water partition coefficient (Wildman–Crippen LogP) is 1.59. The maximum atomic E-state index is 11.4. The van der Waals surface area contributed by atoms with Crippen LogP contribution in [0.5, 0.6) is 5.75 Å². The van der Waals surface area contributed by atoms with E-state index in [0.29, 0.717) is 12.2 Å². The quantitative estimate of drug-likeness (QED) is 0.815. The molecule has 0 atom stereocenters. The Kier molecular flexibility index (Phi) is 5.15. The Morgan fingerprint density at radius 2 is 1.83 bits per heavy atom. The molecule has 0 heterocycles. The second-order valence-corrected chi connectivity index (χ2v) is 6.13. The summed E-state index contributed by atoms with van der Waals surface area (Å²) in [7, 11) is -3.04. The third-order valence-electron chi connectivity index (χ3n) is 2.28. The van der Waals surface area contributed by atoms with E-state index in [1.807, 2.05) is 6.92 Å². The van der Waals surface area contributed by atoms with Gasteiger partial charge >= 0.3 is 5.97 Å². The van der Waals surface area contributed by atoms with Crippen LogP contribution in [0.3, 0.4) is 0 Å². The molecule has 0 bridgehead atoms. The van der Waals surface area contributed by atoms with Gasteiger partial charge < -0.3 is 9.84 Å². The molecule has 0 aliphatic rings. The van der Waals surface area contributed by atoms with Gasteiger partial charge in [0.15, 0.2) is 9.84 Å². The third kappa shape index (κ3) is 4.75. The molecule has 0 saturated carbocycles. The number of carboxylic acids is 1. The largest absolute Gasteiger partial charge is 0.493 e. The van der Waals surface area contributed by atoms with Crippen molar-refractivity contribution in [3.63, 3.8) is 0 Å². The van der Waals surface area contributed by atoms with Crippen LogP contribution in [-0.4, -0.2) is 37.6 Å². The van der Waals surface area contributed by atoms with Crippen LogP contribution in [0.4, 0.5) is 0 Å². The fourth-order valence-electron chi connectivity index (χ4n) is 1.39. The second kappa shape index (κ2) is 6.39. The Hall–Kier alpha value is -1.56. The Labute approximate surface area is 106 Å². The highest BCUT2D eigenvalue weighted by Gasteiger charge is 2.09. The zero-order chi connectivity index (χ0) is 13.6.